The zero-order valence-corrected chi connectivity index (χ0v) is 15.1. The van der Waals surface area contributed by atoms with E-state index >= 15 is 0 Å². The first-order valence-corrected chi connectivity index (χ1v) is 10.1. The zero-order valence-electron chi connectivity index (χ0n) is 12.7. The molecule has 0 spiro atoms. The summed E-state index contributed by atoms with van der Waals surface area (Å²) in [7, 11) is -3.57. The van der Waals surface area contributed by atoms with Crippen LogP contribution in [-0.4, -0.2) is 24.7 Å². The summed E-state index contributed by atoms with van der Waals surface area (Å²) in [4.78, 5) is 0.131. The van der Waals surface area contributed by atoms with Crippen LogP contribution >= 0.6 is 22.9 Å². The van der Waals surface area contributed by atoms with Crippen LogP contribution in [0, 0.1) is 0 Å². The summed E-state index contributed by atoms with van der Waals surface area (Å²) in [6, 6.07) is 4.42. The van der Waals surface area contributed by atoms with E-state index in [-0.39, 0.29) is 22.6 Å². The molecule has 1 fully saturated rings. The van der Waals surface area contributed by atoms with Crippen LogP contribution in [0.3, 0.4) is 0 Å². The van der Waals surface area contributed by atoms with Crippen molar-refractivity contribution in [1.29, 1.82) is 0 Å². The minimum Gasteiger partial charge on any atom is -0.485 e. The summed E-state index contributed by atoms with van der Waals surface area (Å²) in [6.45, 7) is 0.168. The van der Waals surface area contributed by atoms with E-state index in [4.69, 9.17) is 22.1 Å². The molecule has 3 rings (SSSR count). The summed E-state index contributed by atoms with van der Waals surface area (Å²) in [6.07, 6.45) is 3.85. The molecule has 1 aliphatic rings. The van der Waals surface area contributed by atoms with Crippen molar-refractivity contribution >= 4 is 38.1 Å². The van der Waals surface area contributed by atoms with Crippen molar-refractivity contribution in [3.05, 3.63) is 28.2 Å². The Morgan fingerprint density at radius 2 is 2.08 bits per heavy atom. The Kier molecular flexibility index (Phi) is 5.24. The molecule has 0 bridgehead atoms. The van der Waals surface area contributed by atoms with Gasteiger partial charge >= 0.3 is 0 Å². The molecular weight excluding hydrogens is 372 g/mol. The van der Waals surface area contributed by atoms with Crippen LogP contribution < -0.4 is 15.2 Å². The average Bonchev–Trinajstić information content (AvgIpc) is 3.17. The normalized spacial score (nSPS) is 15.7. The van der Waals surface area contributed by atoms with Crippen molar-refractivity contribution in [2.45, 2.75) is 43.2 Å². The molecule has 24 heavy (non-hydrogen) atoms. The molecule has 0 radical (unpaired) electrons. The highest BCUT2D eigenvalue weighted by atomic mass is 35.5. The van der Waals surface area contributed by atoms with Crippen molar-refractivity contribution in [3.63, 3.8) is 0 Å². The third kappa shape index (κ3) is 4.15. The number of aromatic nitrogens is 2. The maximum Gasteiger partial charge on any atom is 0.240 e. The van der Waals surface area contributed by atoms with Gasteiger partial charge < -0.3 is 10.5 Å². The molecule has 2 aromatic rings. The highest BCUT2D eigenvalue weighted by Crippen LogP contribution is 2.29. The standard InChI is InChI=1S/C14H17ClN4O3S2/c15-11-7-10(24(20,21)19-9-3-1-2-4-9)5-6-12(11)22-8-13-17-18-14(16)23-13/h5-7,9,19H,1-4,8H2,(H2,16,18). The Morgan fingerprint density at radius 1 is 1.33 bits per heavy atom. The number of halogens is 1. The van der Waals surface area contributed by atoms with E-state index in [0.29, 0.717) is 15.9 Å². The minimum absolute atomic E-state index is 0.00700. The van der Waals surface area contributed by atoms with Gasteiger partial charge in [0.2, 0.25) is 15.2 Å². The summed E-state index contributed by atoms with van der Waals surface area (Å²) >= 11 is 7.37. The SMILES string of the molecule is Nc1nnc(COc2ccc(S(=O)(=O)NC3CCCC3)cc2Cl)s1. The summed E-state index contributed by atoms with van der Waals surface area (Å²) in [5.41, 5.74) is 5.50. The van der Waals surface area contributed by atoms with E-state index in [1.807, 2.05) is 0 Å². The van der Waals surface area contributed by atoms with Crippen LogP contribution in [0.15, 0.2) is 23.1 Å². The summed E-state index contributed by atoms with van der Waals surface area (Å²) in [5.74, 6) is 0.380. The number of nitrogens with zero attached hydrogens (tertiary/aromatic N) is 2. The quantitative estimate of drug-likeness (QED) is 0.787. The van der Waals surface area contributed by atoms with Crippen LogP contribution in [0.25, 0.3) is 0 Å². The second-order valence-electron chi connectivity index (χ2n) is 5.52. The number of hydrogen-bond acceptors (Lipinski definition) is 7. The second-order valence-corrected chi connectivity index (χ2v) is 8.73. The molecule has 7 nitrogen and oxygen atoms in total. The van der Waals surface area contributed by atoms with Gasteiger partial charge in [0.15, 0.2) is 5.01 Å². The number of sulfonamides is 1. The van der Waals surface area contributed by atoms with Crippen molar-refractivity contribution in [1.82, 2.24) is 14.9 Å². The van der Waals surface area contributed by atoms with E-state index in [1.165, 1.54) is 29.5 Å². The third-order valence-corrected chi connectivity index (χ3v) is 6.26. The molecule has 0 unspecified atom stereocenters. The lowest BCUT2D eigenvalue weighted by Gasteiger charge is -2.13. The van der Waals surface area contributed by atoms with E-state index in [2.05, 4.69) is 14.9 Å². The topological polar surface area (TPSA) is 107 Å². The van der Waals surface area contributed by atoms with E-state index in [1.54, 1.807) is 0 Å². The predicted octanol–water partition coefficient (Wildman–Crippen LogP) is 2.57. The monoisotopic (exact) mass is 388 g/mol. The number of anilines is 1. The molecule has 0 aliphatic heterocycles. The second kappa shape index (κ2) is 7.22. The molecule has 1 heterocycles. The van der Waals surface area contributed by atoms with Crippen LogP contribution in [0.4, 0.5) is 5.13 Å². The van der Waals surface area contributed by atoms with Crippen molar-refractivity contribution in [2.75, 3.05) is 5.73 Å². The maximum absolute atomic E-state index is 12.4. The fraction of sp³-hybridized carbons (Fsp3) is 0.429. The molecule has 130 valence electrons. The first-order valence-electron chi connectivity index (χ1n) is 7.46. The molecule has 10 heteroatoms. The predicted molar refractivity (Wildman–Crippen MR) is 92.7 cm³/mol. The smallest absolute Gasteiger partial charge is 0.240 e. The molecule has 1 aliphatic carbocycles. The van der Waals surface area contributed by atoms with Gasteiger partial charge in [0.05, 0.1) is 9.92 Å². The van der Waals surface area contributed by atoms with E-state index in [0.717, 1.165) is 25.7 Å². The number of rotatable bonds is 6. The molecule has 3 N–H and O–H groups in total. The number of nitrogen functional groups attached to an aromatic ring is 1. The first-order chi connectivity index (χ1) is 11.4. The Bertz CT molecular complexity index is 819. The van der Waals surface area contributed by atoms with Crippen molar-refractivity contribution in [3.8, 4) is 5.75 Å². The molecule has 1 saturated carbocycles. The lowest BCUT2D eigenvalue weighted by molar-refractivity contribution is 0.304. The zero-order chi connectivity index (χ0) is 17.2. The largest absolute Gasteiger partial charge is 0.485 e. The minimum atomic E-state index is -3.57. The molecular formula is C14H17ClN4O3S2. The van der Waals surface area contributed by atoms with Crippen LogP contribution in [0.2, 0.25) is 5.02 Å². The first kappa shape index (κ1) is 17.4. The van der Waals surface area contributed by atoms with Crippen LogP contribution in [0.5, 0.6) is 5.75 Å². The summed E-state index contributed by atoms with van der Waals surface area (Å²) in [5, 5.41) is 8.73. The Balaban J connectivity index is 1.69. The Morgan fingerprint density at radius 3 is 2.71 bits per heavy atom. The highest BCUT2D eigenvalue weighted by molar-refractivity contribution is 7.89. The van der Waals surface area contributed by atoms with Crippen molar-refractivity contribution < 1.29 is 13.2 Å². The molecule has 1 aromatic carbocycles. The van der Waals surface area contributed by atoms with Gasteiger partial charge in [0.1, 0.15) is 12.4 Å². The van der Waals surface area contributed by atoms with Crippen LogP contribution in [-0.2, 0) is 16.6 Å². The van der Waals surface area contributed by atoms with Gasteiger partial charge in [0, 0.05) is 6.04 Å². The average molecular weight is 389 g/mol. The lowest BCUT2D eigenvalue weighted by Crippen LogP contribution is -2.32. The Hall–Kier alpha value is -1.42. The number of ether oxygens (including phenoxy) is 1. The van der Waals surface area contributed by atoms with Crippen LogP contribution in [0.1, 0.15) is 30.7 Å². The number of nitrogens with two attached hydrogens (primary N) is 1. The van der Waals surface area contributed by atoms with Gasteiger partial charge in [-0.3, -0.25) is 0 Å². The highest BCUT2D eigenvalue weighted by Gasteiger charge is 2.23. The van der Waals surface area contributed by atoms with Gasteiger partial charge in [0.25, 0.3) is 0 Å². The third-order valence-electron chi connectivity index (χ3n) is 3.72. The van der Waals surface area contributed by atoms with Crippen molar-refractivity contribution in [2.24, 2.45) is 0 Å². The lowest BCUT2D eigenvalue weighted by atomic mass is 10.3. The van der Waals surface area contributed by atoms with E-state index < -0.39 is 10.0 Å². The maximum atomic E-state index is 12.4. The van der Waals surface area contributed by atoms with Gasteiger partial charge in [-0.15, -0.1) is 10.2 Å². The van der Waals surface area contributed by atoms with E-state index in [9.17, 15) is 8.42 Å². The fourth-order valence-electron chi connectivity index (χ4n) is 2.56. The fourth-order valence-corrected chi connectivity index (χ4v) is 4.71. The van der Waals surface area contributed by atoms with Gasteiger partial charge in [-0.25, -0.2) is 13.1 Å². The summed E-state index contributed by atoms with van der Waals surface area (Å²) < 4.78 is 33.0. The molecule has 0 saturated heterocycles. The van der Waals surface area contributed by atoms with Gasteiger partial charge in [-0.05, 0) is 31.0 Å². The van der Waals surface area contributed by atoms with Gasteiger partial charge in [-0.1, -0.05) is 35.8 Å². The van der Waals surface area contributed by atoms with Gasteiger partial charge in [-0.2, -0.15) is 0 Å². The molecule has 0 amide bonds. The molecule has 1 aromatic heterocycles. The molecule has 0 atom stereocenters. The number of nitrogens with one attached hydrogen (secondary N) is 1. The number of benzene rings is 1. The Labute approximate surface area is 149 Å². The number of hydrogen-bond donors (Lipinski definition) is 2.